The van der Waals surface area contributed by atoms with Crippen LogP contribution in [0, 0.1) is 12.8 Å². The van der Waals surface area contributed by atoms with E-state index in [1.54, 1.807) is 19.3 Å². The van der Waals surface area contributed by atoms with E-state index in [0.29, 0.717) is 23.8 Å². The molecule has 0 aliphatic rings. The Hall–Kier alpha value is -2.90. The molecule has 0 bridgehead atoms. The van der Waals surface area contributed by atoms with Gasteiger partial charge in [0.05, 0.1) is 18.1 Å². The van der Waals surface area contributed by atoms with Crippen LogP contribution in [0.15, 0.2) is 18.5 Å². The number of hydrogen-bond acceptors (Lipinski definition) is 4. The maximum Gasteiger partial charge on any atom is 0.271 e. The van der Waals surface area contributed by atoms with Gasteiger partial charge in [0, 0.05) is 37.5 Å². The molecule has 140 valence electrons. The van der Waals surface area contributed by atoms with Crippen LogP contribution in [0.3, 0.4) is 0 Å². The first kappa shape index (κ1) is 19.4. The number of aryl methyl sites for hydroxylation is 2. The lowest BCUT2D eigenvalue weighted by molar-refractivity contribution is -0.111. The highest BCUT2D eigenvalue weighted by atomic mass is 16.2. The predicted octanol–water partition coefficient (Wildman–Crippen LogP) is 1.98. The van der Waals surface area contributed by atoms with Crippen LogP contribution in [0.5, 0.6) is 0 Å². The van der Waals surface area contributed by atoms with Gasteiger partial charge in [-0.2, -0.15) is 10.2 Å². The maximum atomic E-state index is 12.3. The van der Waals surface area contributed by atoms with Gasteiger partial charge in [0.1, 0.15) is 5.69 Å². The first-order valence-corrected chi connectivity index (χ1v) is 8.65. The molecule has 2 heterocycles. The molecule has 0 saturated carbocycles. The molecule has 0 atom stereocenters. The molecule has 0 radical (unpaired) electrons. The molecule has 26 heavy (non-hydrogen) atoms. The maximum absolute atomic E-state index is 12.3. The molecular formula is C18H26N6O2. The Balaban J connectivity index is 2.08. The normalized spacial score (nSPS) is 11.3. The highest BCUT2D eigenvalue weighted by molar-refractivity contribution is 6.06. The van der Waals surface area contributed by atoms with E-state index in [2.05, 4.69) is 20.8 Å². The van der Waals surface area contributed by atoms with Crippen molar-refractivity contribution >= 4 is 23.6 Å². The number of anilines is 1. The molecule has 2 N–H and O–H groups in total. The fourth-order valence-electron chi connectivity index (χ4n) is 2.46. The summed E-state index contributed by atoms with van der Waals surface area (Å²) in [5.74, 6) is -0.266. The Morgan fingerprint density at radius 3 is 2.62 bits per heavy atom. The van der Waals surface area contributed by atoms with Gasteiger partial charge in [-0.1, -0.05) is 13.8 Å². The molecule has 0 saturated heterocycles. The van der Waals surface area contributed by atoms with Crippen LogP contribution in [0.2, 0.25) is 0 Å². The monoisotopic (exact) mass is 358 g/mol. The number of aromatic nitrogens is 4. The molecule has 0 fully saturated rings. The van der Waals surface area contributed by atoms with Crippen LogP contribution in [0.1, 0.15) is 42.5 Å². The molecule has 0 unspecified atom stereocenters. The summed E-state index contributed by atoms with van der Waals surface area (Å²) >= 11 is 0. The lowest BCUT2D eigenvalue weighted by Crippen LogP contribution is -2.30. The average Bonchev–Trinajstić information content (AvgIpc) is 3.13. The number of carbonyl (C=O) groups excluding carboxylic acids is 2. The van der Waals surface area contributed by atoms with Crippen LogP contribution in [0.25, 0.3) is 6.08 Å². The number of hydrogen-bond donors (Lipinski definition) is 2. The minimum Gasteiger partial charge on any atom is -0.350 e. The molecule has 2 rings (SSSR count). The second-order valence-corrected chi connectivity index (χ2v) is 6.46. The van der Waals surface area contributed by atoms with Gasteiger partial charge in [0.2, 0.25) is 5.91 Å². The zero-order valence-corrected chi connectivity index (χ0v) is 15.9. The standard InChI is InChI=1S/C18H26N6O2/c1-6-24-13(4)14(10-21-24)7-8-16(25)22-15-11-20-23(5)17(15)18(26)19-9-12(2)3/h7-8,10-12H,6,9H2,1-5H3,(H,19,26)(H,22,25)/b8-7+. The molecule has 0 aliphatic heterocycles. The minimum atomic E-state index is -0.334. The van der Waals surface area contributed by atoms with Crippen molar-refractivity contribution < 1.29 is 9.59 Å². The summed E-state index contributed by atoms with van der Waals surface area (Å²) in [4.78, 5) is 24.6. The first-order valence-electron chi connectivity index (χ1n) is 8.65. The van der Waals surface area contributed by atoms with E-state index in [1.165, 1.54) is 17.0 Å². The Labute approximate surface area is 153 Å². The highest BCUT2D eigenvalue weighted by Crippen LogP contribution is 2.15. The van der Waals surface area contributed by atoms with Crippen LogP contribution in [-0.4, -0.2) is 37.9 Å². The zero-order chi connectivity index (χ0) is 19.3. The van der Waals surface area contributed by atoms with Gasteiger partial charge in [-0.05, 0) is 25.8 Å². The van der Waals surface area contributed by atoms with Crippen molar-refractivity contribution in [3.63, 3.8) is 0 Å². The quantitative estimate of drug-likeness (QED) is 0.740. The van der Waals surface area contributed by atoms with E-state index in [9.17, 15) is 9.59 Å². The van der Waals surface area contributed by atoms with E-state index in [0.717, 1.165) is 17.8 Å². The van der Waals surface area contributed by atoms with Gasteiger partial charge >= 0.3 is 0 Å². The molecule has 2 aromatic heterocycles. The summed E-state index contributed by atoms with van der Waals surface area (Å²) in [5.41, 5.74) is 2.57. The second kappa shape index (κ2) is 8.46. The van der Waals surface area contributed by atoms with Crippen LogP contribution >= 0.6 is 0 Å². The fourth-order valence-corrected chi connectivity index (χ4v) is 2.46. The van der Waals surface area contributed by atoms with Crippen molar-refractivity contribution in [2.45, 2.75) is 34.2 Å². The third-order valence-corrected chi connectivity index (χ3v) is 3.94. The molecule has 0 aromatic carbocycles. The summed E-state index contributed by atoms with van der Waals surface area (Å²) in [6, 6.07) is 0. The molecule has 2 aromatic rings. The van der Waals surface area contributed by atoms with Gasteiger partial charge in [-0.15, -0.1) is 0 Å². The summed E-state index contributed by atoms with van der Waals surface area (Å²) in [6.45, 7) is 9.31. The van der Waals surface area contributed by atoms with Gasteiger partial charge in [0.15, 0.2) is 0 Å². The molecule has 2 amide bonds. The van der Waals surface area contributed by atoms with E-state index in [4.69, 9.17) is 0 Å². The zero-order valence-electron chi connectivity index (χ0n) is 15.9. The van der Waals surface area contributed by atoms with Crippen molar-refractivity contribution in [3.8, 4) is 0 Å². The first-order chi connectivity index (χ1) is 12.3. The Morgan fingerprint density at radius 2 is 2.00 bits per heavy atom. The third-order valence-electron chi connectivity index (χ3n) is 3.94. The molecule has 8 nitrogen and oxygen atoms in total. The largest absolute Gasteiger partial charge is 0.350 e. The third kappa shape index (κ3) is 4.59. The number of nitrogens with one attached hydrogen (secondary N) is 2. The summed E-state index contributed by atoms with van der Waals surface area (Å²) in [6.07, 6.45) is 6.32. The number of carbonyl (C=O) groups is 2. The Bertz CT molecular complexity index is 816. The topological polar surface area (TPSA) is 93.8 Å². The summed E-state index contributed by atoms with van der Waals surface area (Å²) in [7, 11) is 1.66. The summed E-state index contributed by atoms with van der Waals surface area (Å²) < 4.78 is 3.31. The lowest BCUT2D eigenvalue weighted by atomic mass is 10.2. The number of nitrogens with zero attached hydrogens (tertiary/aromatic N) is 4. The highest BCUT2D eigenvalue weighted by Gasteiger charge is 2.18. The lowest BCUT2D eigenvalue weighted by Gasteiger charge is -2.09. The van der Waals surface area contributed by atoms with Crippen LogP contribution < -0.4 is 10.6 Å². The molecule has 0 spiro atoms. The Morgan fingerprint density at radius 1 is 1.27 bits per heavy atom. The van der Waals surface area contributed by atoms with Crippen molar-refractivity contribution in [3.05, 3.63) is 35.4 Å². The van der Waals surface area contributed by atoms with Crippen LogP contribution in [0.4, 0.5) is 5.69 Å². The molecule has 8 heteroatoms. The van der Waals surface area contributed by atoms with Crippen LogP contribution in [-0.2, 0) is 18.4 Å². The van der Waals surface area contributed by atoms with Crippen molar-refractivity contribution in [2.24, 2.45) is 13.0 Å². The summed E-state index contributed by atoms with van der Waals surface area (Å²) in [5, 5.41) is 13.9. The smallest absolute Gasteiger partial charge is 0.271 e. The average molecular weight is 358 g/mol. The second-order valence-electron chi connectivity index (χ2n) is 6.46. The van der Waals surface area contributed by atoms with E-state index < -0.39 is 0 Å². The van der Waals surface area contributed by atoms with E-state index >= 15 is 0 Å². The fraction of sp³-hybridized carbons (Fsp3) is 0.444. The van der Waals surface area contributed by atoms with E-state index in [1.807, 2.05) is 32.4 Å². The molecular weight excluding hydrogens is 332 g/mol. The predicted molar refractivity (Wildman–Crippen MR) is 101 cm³/mol. The SMILES string of the molecule is CCn1ncc(/C=C/C(=O)Nc2cnn(C)c2C(=O)NCC(C)C)c1C. The Kier molecular flexibility index (Phi) is 6.32. The van der Waals surface area contributed by atoms with Crippen molar-refractivity contribution in [2.75, 3.05) is 11.9 Å². The van der Waals surface area contributed by atoms with Gasteiger partial charge in [-0.25, -0.2) is 0 Å². The van der Waals surface area contributed by atoms with Gasteiger partial charge < -0.3 is 10.6 Å². The van der Waals surface area contributed by atoms with Crippen molar-refractivity contribution in [1.29, 1.82) is 0 Å². The van der Waals surface area contributed by atoms with E-state index in [-0.39, 0.29) is 11.8 Å². The van der Waals surface area contributed by atoms with Gasteiger partial charge in [0.25, 0.3) is 5.91 Å². The van der Waals surface area contributed by atoms with Gasteiger partial charge in [-0.3, -0.25) is 19.0 Å². The van der Waals surface area contributed by atoms with Crippen molar-refractivity contribution in [1.82, 2.24) is 24.9 Å². The number of amides is 2. The minimum absolute atomic E-state index is 0.266. The number of rotatable bonds is 7. The molecule has 0 aliphatic carbocycles.